The Morgan fingerprint density at radius 1 is 1.39 bits per heavy atom. The van der Waals surface area contributed by atoms with Gasteiger partial charge in [0.25, 0.3) is 5.91 Å². The van der Waals surface area contributed by atoms with Gasteiger partial charge in [-0.1, -0.05) is 6.08 Å². The molecule has 4 heteroatoms. The Balaban J connectivity index is 2.26. The first-order valence-electron chi connectivity index (χ1n) is 5.59. The number of carbonyl (C=O) groups excluding carboxylic acids is 1. The molecular weight excluding hydrogens is 230 g/mol. The third-order valence-electron chi connectivity index (χ3n) is 2.81. The number of hydrogen-bond donors (Lipinski definition) is 1. The van der Waals surface area contributed by atoms with Gasteiger partial charge in [-0.3, -0.25) is 4.79 Å². The van der Waals surface area contributed by atoms with E-state index in [0.717, 1.165) is 11.1 Å². The van der Waals surface area contributed by atoms with Crippen molar-refractivity contribution in [2.75, 3.05) is 20.8 Å². The number of nitrogens with one attached hydrogen (secondary N) is 1. The lowest BCUT2D eigenvalue weighted by atomic mass is 9.87. The Morgan fingerprint density at radius 2 is 2.17 bits per heavy atom. The van der Waals surface area contributed by atoms with E-state index in [4.69, 9.17) is 9.47 Å². The van der Waals surface area contributed by atoms with E-state index in [1.807, 2.05) is 6.07 Å². The number of benzene rings is 1. The molecule has 0 saturated heterocycles. The molecule has 4 nitrogen and oxygen atoms in total. The summed E-state index contributed by atoms with van der Waals surface area (Å²) in [6.45, 7) is 4.02. The standard InChI is InChI=1S/C14H15NO3/c1-4-7-15-14(16)11-8-10-9(11)5-6-12(17-2)13(10)18-3/h4-6,8H,1,7H2,2-3H3,(H,15,16). The second kappa shape index (κ2) is 4.96. The van der Waals surface area contributed by atoms with Crippen LogP contribution in [0.25, 0.3) is 11.6 Å². The molecule has 0 atom stereocenters. The van der Waals surface area contributed by atoms with Crippen molar-refractivity contribution in [3.05, 3.63) is 35.9 Å². The van der Waals surface area contributed by atoms with E-state index in [1.54, 1.807) is 32.4 Å². The van der Waals surface area contributed by atoms with E-state index < -0.39 is 0 Å². The van der Waals surface area contributed by atoms with E-state index in [0.29, 0.717) is 23.6 Å². The summed E-state index contributed by atoms with van der Waals surface area (Å²) in [5.74, 6) is 1.22. The van der Waals surface area contributed by atoms with Crippen molar-refractivity contribution in [1.82, 2.24) is 5.32 Å². The Labute approximate surface area is 106 Å². The Bertz CT molecular complexity index is 532. The minimum atomic E-state index is -0.102. The lowest BCUT2D eigenvalue weighted by Crippen LogP contribution is -2.26. The maximum atomic E-state index is 11.8. The van der Waals surface area contributed by atoms with Crippen LogP contribution in [0.5, 0.6) is 11.5 Å². The highest BCUT2D eigenvalue weighted by Gasteiger charge is 2.27. The van der Waals surface area contributed by atoms with Crippen molar-refractivity contribution in [2.24, 2.45) is 0 Å². The maximum Gasteiger partial charge on any atom is 0.252 e. The van der Waals surface area contributed by atoms with Gasteiger partial charge in [-0.2, -0.15) is 0 Å². The van der Waals surface area contributed by atoms with Crippen molar-refractivity contribution in [1.29, 1.82) is 0 Å². The van der Waals surface area contributed by atoms with Gasteiger partial charge in [0, 0.05) is 17.7 Å². The number of rotatable bonds is 5. The minimum Gasteiger partial charge on any atom is -0.493 e. The van der Waals surface area contributed by atoms with Crippen LogP contribution in [0.4, 0.5) is 0 Å². The highest BCUT2D eigenvalue weighted by Crippen LogP contribution is 2.43. The quantitative estimate of drug-likeness (QED) is 0.805. The lowest BCUT2D eigenvalue weighted by molar-refractivity contribution is -0.115. The number of amides is 1. The average molecular weight is 245 g/mol. The topological polar surface area (TPSA) is 47.6 Å². The highest BCUT2D eigenvalue weighted by molar-refractivity contribution is 6.30. The zero-order valence-corrected chi connectivity index (χ0v) is 10.4. The number of fused-ring (bicyclic) bond motifs is 1. The summed E-state index contributed by atoms with van der Waals surface area (Å²) in [5, 5.41) is 2.74. The molecular formula is C14H15NO3. The molecule has 1 aliphatic rings. The first-order chi connectivity index (χ1) is 8.72. The van der Waals surface area contributed by atoms with E-state index >= 15 is 0 Å². The molecule has 0 aromatic heterocycles. The fraction of sp³-hybridized carbons (Fsp3) is 0.214. The third kappa shape index (κ3) is 1.86. The van der Waals surface area contributed by atoms with Crippen LogP contribution in [0.1, 0.15) is 11.1 Å². The zero-order chi connectivity index (χ0) is 13.1. The molecule has 1 amide bonds. The zero-order valence-electron chi connectivity index (χ0n) is 10.4. The molecule has 0 saturated carbocycles. The van der Waals surface area contributed by atoms with Gasteiger partial charge < -0.3 is 14.8 Å². The minimum absolute atomic E-state index is 0.102. The predicted molar refractivity (Wildman–Crippen MR) is 70.6 cm³/mol. The van der Waals surface area contributed by atoms with Gasteiger partial charge in [0.15, 0.2) is 11.5 Å². The highest BCUT2D eigenvalue weighted by atomic mass is 16.5. The van der Waals surface area contributed by atoms with Crippen LogP contribution < -0.4 is 14.8 Å². The summed E-state index contributed by atoms with van der Waals surface area (Å²) >= 11 is 0. The van der Waals surface area contributed by atoms with Crippen LogP contribution in [0.2, 0.25) is 0 Å². The molecule has 0 aliphatic heterocycles. The van der Waals surface area contributed by atoms with Crippen LogP contribution in [0, 0.1) is 0 Å². The molecule has 1 N–H and O–H groups in total. The first kappa shape index (κ1) is 12.2. The molecule has 0 heterocycles. The van der Waals surface area contributed by atoms with E-state index in [1.165, 1.54) is 0 Å². The second-order valence-electron chi connectivity index (χ2n) is 3.82. The summed E-state index contributed by atoms with van der Waals surface area (Å²) in [7, 11) is 3.17. The third-order valence-corrected chi connectivity index (χ3v) is 2.81. The summed E-state index contributed by atoms with van der Waals surface area (Å²) < 4.78 is 10.5. The second-order valence-corrected chi connectivity index (χ2v) is 3.82. The van der Waals surface area contributed by atoms with Crippen molar-refractivity contribution in [2.45, 2.75) is 0 Å². The van der Waals surface area contributed by atoms with Gasteiger partial charge in [0.1, 0.15) is 0 Å². The summed E-state index contributed by atoms with van der Waals surface area (Å²) in [5.41, 5.74) is 2.45. The maximum absolute atomic E-state index is 11.8. The number of hydrogen-bond acceptors (Lipinski definition) is 3. The molecule has 0 radical (unpaired) electrons. The Kier molecular flexibility index (Phi) is 3.37. The fourth-order valence-electron chi connectivity index (χ4n) is 1.92. The molecule has 0 fully saturated rings. The van der Waals surface area contributed by atoms with Crippen molar-refractivity contribution >= 4 is 17.6 Å². The number of ether oxygens (including phenoxy) is 2. The van der Waals surface area contributed by atoms with Crippen molar-refractivity contribution in [3.8, 4) is 11.5 Å². The number of carbonyl (C=O) groups is 1. The summed E-state index contributed by atoms with van der Waals surface area (Å²) in [6.07, 6.45) is 3.45. The summed E-state index contributed by atoms with van der Waals surface area (Å²) in [4.78, 5) is 11.8. The van der Waals surface area contributed by atoms with Crippen LogP contribution in [-0.4, -0.2) is 26.7 Å². The largest absolute Gasteiger partial charge is 0.493 e. The van der Waals surface area contributed by atoms with Gasteiger partial charge in [-0.15, -0.1) is 6.58 Å². The van der Waals surface area contributed by atoms with Crippen molar-refractivity contribution in [3.63, 3.8) is 0 Å². The van der Waals surface area contributed by atoms with Crippen LogP contribution >= 0.6 is 0 Å². The van der Waals surface area contributed by atoms with E-state index in [2.05, 4.69) is 11.9 Å². The molecule has 0 spiro atoms. The molecule has 0 bridgehead atoms. The van der Waals surface area contributed by atoms with Gasteiger partial charge in [-0.25, -0.2) is 0 Å². The van der Waals surface area contributed by atoms with Gasteiger partial charge in [0.2, 0.25) is 0 Å². The van der Waals surface area contributed by atoms with Crippen molar-refractivity contribution < 1.29 is 14.3 Å². The average Bonchev–Trinajstić information content (AvgIpc) is 2.36. The van der Waals surface area contributed by atoms with Gasteiger partial charge in [0.05, 0.1) is 14.2 Å². The molecule has 1 aliphatic carbocycles. The molecule has 2 rings (SSSR count). The first-order valence-corrected chi connectivity index (χ1v) is 5.59. The van der Waals surface area contributed by atoms with Gasteiger partial charge in [-0.05, 0) is 23.8 Å². The monoisotopic (exact) mass is 245 g/mol. The van der Waals surface area contributed by atoms with Gasteiger partial charge >= 0.3 is 0 Å². The summed E-state index contributed by atoms with van der Waals surface area (Å²) in [6, 6.07) is 3.66. The fourth-order valence-corrected chi connectivity index (χ4v) is 1.92. The lowest BCUT2D eigenvalue weighted by Gasteiger charge is -2.23. The van der Waals surface area contributed by atoms with E-state index in [9.17, 15) is 4.79 Å². The molecule has 94 valence electrons. The smallest absolute Gasteiger partial charge is 0.252 e. The molecule has 1 aromatic rings. The predicted octanol–water partition coefficient (Wildman–Crippen LogP) is 1.86. The van der Waals surface area contributed by atoms with Crippen LogP contribution in [-0.2, 0) is 4.79 Å². The Hall–Kier alpha value is -2.23. The number of methoxy groups -OCH3 is 2. The Morgan fingerprint density at radius 3 is 2.78 bits per heavy atom. The van der Waals surface area contributed by atoms with Crippen LogP contribution in [0.3, 0.4) is 0 Å². The molecule has 18 heavy (non-hydrogen) atoms. The molecule has 1 aromatic carbocycles. The van der Waals surface area contributed by atoms with Crippen LogP contribution in [0.15, 0.2) is 24.8 Å². The SMILES string of the molecule is C=CCNC(=O)C1=Cc2c1ccc(OC)c2OC. The normalized spacial score (nSPS) is 11.8. The molecule has 0 unspecified atom stereocenters. The van der Waals surface area contributed by atoms with E-state index in [-0.39, 0.29) is 5.91 Å².